The summed E-state index contributed by atoms with van der Waals surface area (Å²) in [5, 5.41) is 3.18. The van der Waals surface area contributed by atoms with Gasteiger partial charge in [-0.2, -0.15) is 13.2 Å². The van der Waals surface area contributed by atoms with Gasteiger partial charge in [0.2, 0.25) is 0 Å². The maximum absolute atomic E-state index is 13.0. The van der Waals surface area contributed by atoms with Crippen molar-refractivity contribution in [3.05, 3.63) is 65.5 Å². The molecule has 0 saturated carbocycles. The third kappa shape index (κ3) is 3.82. The Kier molecular flexibility index (Phi) is 4.63. The minimum atomic E-state index is -4.34. The summed E-state index contributed by atoms with van der Waals surface area (Å²) in [5.41, 5.74) is 0.595. The van der Waals surface area contributed by atoms with Crippen molar-refractivity contribution in [3.8, 4) is 0 Å². The molecule has 0 radical (unpaired) electrons. The summed E-state index contributed by atoms with van der Waals surface area (Å²) in [4.78, 5) is 4.02. The summed E-state index contributed by atoms with van der Waals surface area (Å²) >= 11 is 0. The van der Waals surface area contributed by atoms with Crippen molar-refractivity contribution in [3.63, 3.8) is 0 Å². The van der Waals surface area contributed by atoms with Gasteiger partial charge in [-0.25, -0.2) is 0 Å². The predicted octanol–water partition coefficient (Wildman–Crippen LogP) is 4.51. The topological polar surface area (TPSA) is 24.9 Å². The molecule has 1 N–H and O–H groups in total. The van der Waals surface area contributed by atoms with Gasteiger partial charge in [-0.05, 0) is 37.1 Å². The van der Waals surface area contributed by atoms with Gasteiger partial charge in [0.1, 0.15) is 0 Å². The zero-order valence-electron chi connectivity index (χ0n) is 11.9. The van der Waals surface area contributed by atoms with Crippen LogP contribution in [0, 0.1) is 0 Å². The molecule has 1 aromatic heterocycles. The van der Waals surface area contributed by atoms with Gasteiger partial charge in [-0.1, -0.05) is 24.3 Å². The molecule has 2 rings (SSSR count). The van der Waals surface area contributed by atoms with Crippen LogP contribution in [-0.2, 0) is 6.18 Å². The largest absolute Gasteiger partial charge is 0.416 e. The second-order valence-corrected chi connectivity index (χ2v) is 4.98. The maximum atomic E-state index is 13.0. The Bertz CT molecular complexity index is 582. The highest BCUT2D eigenvalue weighted by atomic mass is 19.4. The number of aromatic nitrogens is 1. The van der Waals surface area contributed by atoms with Gasteiger partial charge in [0.25, 0.3) is 0 Å². The van der Waals surface area contributed by atoms with Gasteiger partial charge in [0, 0.05) is 24.5 Å². The molecular formula is C16H17F3N2. The van der Waals surface area contributed by atoms with Crippen LogP contribution in [0.4, 0.5) is 13.2 Å². The van der Waals surface area contributed by atoms with Crippen molar-refractivity contribution in [2.24, 2.45) is 0 Å². The van der Waals surface area contributed by atoms with E-state index in [1.807, 2.05) is 19.1 Å². The Hall–Kier alpha value is -1.88. The lowest BCUT2D eigenvalue weighted by Crippen LogP contribution is -2.25. The zero-order chi connectivity index (χ0) is 15.5. The Morgan fingerprint density at radius 2 is 1.71 bits per heavy atom. The van der Waals surface area contributed by atoms with Crippen LogP contribution in [-0.4, -0.2) is 4.98 Å². The number of hydrogen-bond acceptors (Lipinski definition) is 2. The second kappa shape index (κ2) is 6.26. The van der Waals surface area contributed by atoms with E-state index in [0.29, 0.717) is 0 Å². The van der Waals surface area contributed by atoms with Crippen LogP contribution in [0.2, 0.25) is 0 Å². The highest BCUT2D eigenvalue weighted by Crippen LogP contribution is 2.34. The number of alkyl halides is 3. The van der Waals surface area contributed by atoms with Gasteiger partial charge >= 0.3 is 6.18 Å². The summed E-state index contributed by atoms with van der Waals surface area (Å²) < 4.78 is 39.1. The van der Waals surface area contributed by atoms with E-state index >= 15 is 0 Å². The van der Waals surface area contributed by atoms with Crippen LogP contribution >= 0.6 is 0 Å². The Morgan fingerprint density at radius 1 is 1.00 bits per heavy atom. The molecule has 0 spiro atoms. The van der Waals surface area contributed by atoms with Crippen LogP contribution in [0.3, 0.4) is 0 Å². The normalized spacial score (nSPS) is 14.7. The standard InChI is InChI=1S/C16H17F3N2/c1-11(13-6-5-9-20-10-13)21-12(2)14-7-3-4-8-15(14)16(17,18)19/h3-12,21H,1-2H3/t11-,12?/m1/s1. The van der Waals surface area contributed by atoms with Crippen molar-refractivity contribution >= 4 is 0 Å². The molecule has 0 aliphatic carbocycles. The lowest BCUT2D eigenvalue weighted by atomic mass is 9.99. The van der Waals surface area contributed by atoms with E-state index < -0.39 is 17.8 Å². The van der Waals surface area contributed by atoms with Gasteiger partial charge in [0.15, 0.2) is 0 Å². The highest BCUT2D eigenvalue weighted by Gasteiger charge is 2.34. The summed E-state index contributed by atoms with van der Waals surface area (Å²) in [6.45, 7) is 3.64. The number of nitrogens with one attached hydrogen (secondary N) is 1. The molecule has 0 amide bonds. The molecule has 21 heavy (non-hydrogen) atoms. The van der Waals surface area contributed by atoms with Crippen LogP contribution in [0.15, 0.2) is 48.8 Å². The number of pyridine rings is 1. The molecule has 0 aliphatic rings. The van der Waals surface area contributed by atoms with Crippen LogP contribution in [0.25, 0.3) is 0 Å². The second-order valence-electron chi connectivity index (χ2n) is 4.98. The Morgan fingerprint density at radius 3 is 2.33 bits per heavy atom. The summed E-state index contributed by atoms with van der Waals surface area (Å²) in [5.74, 6) is 0. The molecule has 1 aromatic carbocycles. The minimum absolute atomic E-state index is 0.0880. The Labute approximate surface area is 122 Å². The third-order valence-corrected chi connectivity index (χ3v) is 3.42. The first kappa shape index (κ1) is 15.5. The maximum Gasteiger partial charge on any atom is 0.416 e. The van der Waals surface area contributed by atoms with E-state index in [2.05, 4.69) is 10.3 Å². The molecule has 2 aromatic rings. The summed E-state index contributed by atoms with van der Waals surface area (Å²) in [6.07, 6.45) is -0.970. The number of benzene rings is 1. The molecular weight excluding hydrogens is 277 g/mol. The quantitative estimate of drug-likeness (QED) is 0.897. The van der Waals surface area contributed by atoms with E-state index in [-0.39, 0.29) is 11.6 Å². The molecule has 5 heteroatoms. The van der Waals surface area contributed by atoms with E-state index in [1.54, 1.807) is 25.4 Å². The fourth-order valence-corrected chi connectivity index (χ4v) is 2.33. The van der Waals surface area contributed by atoms with Crippen LogP contribution < -0.4 is 5.32 Å². The molecule has 0 fully saturated rings. The first-order valence-electron chi connectivity index (χ1n) is 6.71. The average Bonchev–Trinajstić information content (AvgIpc) is 2.47. The molecule has 0 bridgehead atoms. The van der Waals surface area contributed by atoms with Crippen molar-refractivity contribution < 1.29 is 13.2 Å². The smallest absolute Gasteiger partial charge is 0.304 e. The van der Waals surface area contributed by atoms with Crippen molar-refractivity contribution in [1.29, 1.82) is 0 Å². The molecule has 1 unspecified atom stereocenters. The van der Waals surface area contributed by atoms with E-state index in [1.165, 1.54) is 12.1 Å². The van der Waals surface area contributed by atoms with Crippen molar-refractivity contribution in [2.75, 3.05) is 0 Å². The van der Waals surface area contributed by atoms with Gasteiger partial charge in [0.05, 0.1) is 5.56 Å². The monoisotopic (exact) mass is 294 g/mol. The van der Waals surface area contributed by atoms with Gasteiger partial charge in [-0.15, -0.1) is 0 Å². The molecule has 2 atom stereocenters. The van der Waals surface area contributed by atoms with E-state index in [0.717, 1.165) is 11.6 Å². The fraction of sp³-hybridized carbons (Fsp3) is 0.312. The lowest BCUT2D eigenvalue weighted by molar-refractivity contribution is -0.138. The minimum Gasteiger partial charge on any atom is -0.304 e. The zero-order valence-corrected chi connectivity index (χ0v) is 11.9. The molecule has 0 aliphatic heterocycles. The highest BCUT2D eigenvalue weighted by molar-refractivity contribution is 5.32. The first-order chi connectivity index (χ1) is 9.89. The lowest BCUT2D eigenvalue weighted by Gasteiger charge is -2.23. The van der Waals surface area contributed by atoms with Crippen LogP contribution in [0.5, 0.6) is 0 Å². The average molecular weight is 294 g/mol. The van der Waals surface area contributed by atoms with E-state index in [9.17, 15) is 13.2 Å². The molecule has 1 heterocycles. The number of nitrogens with zero attached hydrogens (tertiary/aromatic N) is 1. The van der Waals surface area contributed by atoms with Gasteiger partial charge < -0.3 is 5.32 Å². The molecule has 112 valence electrons. The first-order valence-corrected chi connectivity index (χ1v) is 6.71. The number of rotatable bonds is 4. The Balaban J connectivity index is 2.20. The number of halogens is 3. The third-order valence-electron chi connectivity index (χ3n) is 3.42. The molecule has 0 saturated heterocycles. The van der Waals surface area contributed by atoms with Crippen LogP contribution in [0.1, 0.15) is 42.6 Å². The fourth-order valence-electron chi connectivity index (χ4n) is 2.33. The predicted molar refractivity (Wildman–Crippen MR) is 75.6 cm³/mol. The van der Waals surface area contributed by atoms with Crippen molar-refractivity contribution in [1.82, 2.24) is 10.3 Å². The summed E-state index contributed by atoms with van der Waals surface area (Å²) in [7, 11) is 0. The summed E-state index contributed by atoms with van der Waals surface area (Å²) in [6, 6.07) is 8.85. The van der Waals surface area contributed by atoms with E-state index in [4.69, 9.17) is 0 Å². The molecule has 2 nitrogen and oxygen atoms in total. The SMILES string of the molecule is CC(N[C@H](C)c1cccnc1)c1ccccc1C(F)(F)F. The van der Waals surface area contributed by atoms with Gasteiger partial charge in [-0.3, -0.25) is 4.98 Å². The number of hydrogen-bond donors (Lipinski definition) is 1. The van der Waals surface area contributed by atoms with Crippen molar-refractivity contribution in [2.45, 2.75) is 32.1 Å².